The van der Waals surface area contributed by atoms with Gasteiger partial charge in [0.1, 0.15) is 17.6 Å². The van der Waals surface area contributed by atoms with Crippen molar-refractivity contribution in [3.05, 3.63) is 59.2 Å². The zero-order chi connectivity index (χ0) is 14.7. The number of nitrogens with zero attached hydrogens (tertiary/aromatic N) is 2. The number of hydrogen-bond donors (Lipinski definition) is 1. The van der Waals surface area contributed by atoms with E-state index in [9.17, 15) is 18.0 Å². The minimum Gasteiger partial charge on any atom is -0.318 e. The molecule has 7 heteroatoms. The van der Waals surface area contributed by atoms with Crippen LogP contribution in [0.2, 0.25) is 0 Å². The molecule has 1 aromatic heterocycles. The van der Waals surface area contributed by atoms with Crippen molar-refractivity contribution < 1.29 is 18.0 Å². The van der Waals surface area contributed by atoms with E-state index < -0.39 is 29.0 Å². The van der Waals surface area contributed by atoms with E-state index in [2.05, 4.69) is 4.98 Å². The maximum absolute atomic E-state index is 13.4. The van der Waals surface area contributed by atoms with Crippen molar-refractivity contribution >= 4 is 11.6 Å². The Bertz CT molecular complexity index is 708. The molecule has 0 radical (unpaired) electrons. The minimum atomic E-state index is -1.41. The van der Waals surface area contributed by atoms with E-state index in [0.29, 0.717) is 12.1 Å². The average Bonchev–Trinajstić information content (AvgIpc) is 2.44. The molecule has 0 aliphatic heterocycles. The molecule has 0 spiro atoms. The first-order chi connectivity index (χ1) is 9.51. The number of carbonyl (C=O) groups is 1. The lowest BCUT2D eigenvalue weighted by molar-refractivity contribution is 0.102. The van der Waals surface area contributed by atoms with Gasteiger partial charge in [-0.2, -0.15) is 5.26 Å². The van der Waals surface area contributed by atoms with Gasteiger partial charge in [0.25, 0.3) is 5.91 Å². The Morgan fingerprint density at radius 2 is 2.00 bits per heavy atom. The van der Waals surface area contributed by atoms with Crippen LogP contribution in [0.25, 0.3) is 0 Å². The maximum atomic E-state index is 13.4. The number of amides is 1. The quantitative estimate of drug-likeness (QED) is 0.858. The summed E-state index contributed by atoms with van der Waals surface area (Å²) >= 11 is 0. The predicted molar refractivity (Wildman–Crippen MR) is 63.2 cm³/mol. The lowest BCUT2D eigenvalue weighted by Gasteiger charge is -2.06. The number of anilines is 1. The molecule has 1 amide bonds. The molecular formula is C13H6F3N3O. The van der Waals surface area contributed by atoms with Crippen LogP contribution in [0, 0.1) is 28.8 Å². The van der Waals surface area contributed by atoms with Crippen LogP contribution < -0.4 is 5.32 Å². The van der Waals surface area contributed by atoms with Gasteiger partial charge in [0.05, 0.1) is 11.3 Å². The van der Waals surface area contributed by atoms with Gasteiger partial charge in [-0.3, -0.25) is 4.79 Å². The highest BCUT2D eigenvalue weighted by molar-refractivity contribution is 6.02. The Labute approximate surface area is 111 Å². The lowest BCUT2D eigenvalue weighted by atomic mass is 10.2. The number of pyridine rings is 1. The molecular weight excluding hydrogens is 271 g/mol. The van der Waals surface area contributed by atoms with E-state index >= 15 is 0 Å². The van der Waals surface area contributed by atoms with Crippen LogP contribution in [0.15, 0.2) is 30.5 Å². The fourth-order valence-corrected chi connectivity index (χ4v) is 1.43. The van der Waals surface area contributed by atoms with Crippen LogP contribution in [-0.4, -0.2) is 10.9 Å². The molecule has 1 aromatic carbocycles. The third-order valence-electron chi connectivity index (χ3n) is 2.37. The molecule has 0 fully saturated rings. The zero-order valence-corrected chi connectivity index (χ0v) is 9.82. The molecule has 100 valence electrons. The molecule has 4 nitrogen and oxygen atoms in total. The molecule has 20 heavy (non-hydrogen) atoms. The third kappa shape index (κ3) is 2.75. The number of benzene rings is 1. The Hall–Kier alpha value is -2.88. The highest BCUT2D eigenvalue weighted by Crippen LogP contribution is 2.19. The molecule has 2 aromatic rings. The van der Waals surface area contributed by atoms with Gasteiger partial charge in [0, 0.05) is 18.3 Å². The first kappa shape index (κ1) is 13.5. The highest BCUT2D eigenvalue weighted by atomic mass is 19.2. The fourth-order valence-electron chi connectivity index (χ4n) is 1.43. The largest absolute Gasteiger partial charge is 0.318 e. The summed E-state index contributed by atoms with van der Waals surface area (Å²) < 4.78 is 39.3. The van der Waals surface area contributed by atoms with Crippen molar-refractivity contribution in [2.75, 3.05) is 5.32 Å². The monoisotopic (exact) mass is 277 g/mol. The summed E-state index contributed by atoms with van der Waals surface area (Å²) in [7, 11) is 0. The third-order valence-corrected chi connectivity index (χ3v) is 2.37. The lowest BCUT2D eigenvalue weighted by Crippen LogP contribution is -2.15. The number of carbonyl (C=O) groups excluding carboxylic acids is 1. The van der Waals surface area contributed by atoms with Gasteiger partial charge in [0.15, 0.2) is 11.6 Å². The van der Waals surface area contributed by atoms with Gasteiger partial charge in [-0.15, -0.1) is 0 Å². The summed E-state index contributed by atoms with van der Waals surface area (Å²) in [6.45, 7) is 0. The summed E-state index contributed by atoms with van der Waals surface area (Å²) in [6.07, 6.45) is 1.15. The molecule has 0 unspecified atom stereocenters. The van der Waals surface area contributed by atoms with Gasteiger partial charge in [0.2, 0.25) is 0 Å². The van der Waals surface area contributed by atoms with Gasteiger partial charge >= 0.3 is 0 Å². The summed E-state index contributed by atoms with van der Waals surface area (Å²) in [4.78, 5) is 15.4. The second kappa shape index (κ2) is 5.40. The Morgan fingerprint density at radius 3 is 2.60 bits per heavy atom. The summed E-state index contributed by atoms with van der Waals surface area (Å²) in [5, 5.41) is 10.6. The predicted octanol–water partition coefficient (Wildman–Crippen LogP) is 2.62. The van der Waals surface area contributed by atoms with Crippen LogP contribution >= 0.6 is 0 Å². The molecule has 0 saturated heterocycles. The molecule has 0 saturated carbocycles. The van der Waals surface area contributed by atoms with Gasteiger partial charge in [-0.1, -0.05) is 0 Å². The number of hydrogen-bond acceptors (Lipinski definition) is 3. The summed E-state index contributed by atoms with van der Waals surface area (Å²) in [6, 6.07) is 5.41. The van der Waals surface area contributed by atoms with E-state index in [1.54, 1.807) is 0 Å². The second-order valence-electron chi connectivity index (χ2n) is 3.75. The van der Waals surface area contributed by atoms with E-state index in [1.165, 1.54) is 12.1 Å². The van der Waals surface area contributed by atoms with Crippen LogP contribution in [0.3, 0.4) is 0 Å². The fraction of sp³-hybridized carbons (Fsp3) is 0. The Morgan fingerprint density at radius 1 is 1.25 bits per heavy atom. The SMILES string of the molecule is N#Cc1ccc(C(=O)Nc2cc(F)cc(F)c2F)nc1. The normalized spacial score (nSPS) is 9.90. The van der Waals surface area contributed by atoms with E-state index in [0.717, 1.165) is 6.20 Å². The van der Waals surface area contributed by atoms with Crippen LogP contribution in [0.1, 0.15) is 16.1 Å². The molecule has 1 heterocycles. The minimum absolute atomic E-state index is 0.118. The van der Waals surface area contributed by atoms with Gasteiger partial charge < -0.3 is 5.32 Å². The molecule has 0 aliphatic carbocycles. The molecule has 0 atom stereocenters. The van der Waals surface area contributed by atoms with E-state index in [-0.39, 0.29) is 11.3 Å². The van der Waals surface area contributed by atoms with Crippen LogP contribution in [0.5, 0.6) is 0 Å². The topological polar surface area (TPSA) is 65.8 Å². The first-order valence-electron chi connectivity index (χ1n) is 5.33. The van der Waals surface area contributed by atoms with Crippen molar-refractivity contribution in [1.82, 2.24) is 4.98 Å². The molecule has 0 aliphatic rings. The number of nitriles is 1. The second-order valence-corrected chi connectivity index (χ2v) is 3.75. The number of nitrogens with one attached hydrogen (secondary N) is 1. The summed E-state index contributed by atoms with van der Waals surface area (Å²) in [5.41, 5.74) is -0.503. The Kier molecular flexibility index (Phi) is 3.66. The van der Waals surface area contributed by atoms with E-state index in [4.69, 9.17) is 5.26 Å². The van der Waals surface area contributed by atoms with Crippen molar-refractivity contribution in [3.63, 3.8) is 0 Å². The van der Waals surface area contributed by atoms with Crippen LogP contribution in [0.4, 0.5) is 18.9 Å². The number of halogens is 3. The molecule has 2 rings (SSSR count). The summed E-state index contributed by atoms with van der Waals surface area (Å²) in [5.74, 6) is -4.65. The highest BCUT2D eigenvalue weighted by Gasteiger charge is 2.15. The molecule has 0 bridgehead atoms. The first-order valence-corrected chi connectivity index (χ1v) is 5.33. The van der Waals surface area contributed by atoms with Gasteiger partial charge in [-0.05, 0) is 12.1 Å². The van der Waals surface area contributed by atoms with Crippen LogP contribution in [-0.2, 0) is 0 Å². The van der Waals surface area contributed by atoms with Crippen molar-refractivity contribution in [2.24, 2.45) is 0 Å². The number of aromatic nitrogens is 1. The maximum Gasteiger partial charge on any atom is 0.274 e. The Balaban J connectivity index is 2.25. The standard InChI is InChI=1S/C13H6F3N3O/c14-8-3-9(15)12(16)11(4-8)19-13(20)10-2-1-7(5-17)6-18-10/h1-4,6H,(H,19,20). The smallest absolute Gasteiger partial charge is 0.274 e. The van der Waals surface area contributed by atoms with Crippen molar-refractivity contribution in [2.45, 2.75) is 0 Å². The molecule has 1 N–H and O–H groups in total. The average molecular weight is 277 g/mol. The van der Waals surface area contributed by atoms with Crippen molar-refractivity contribution in [1.29, 1.82) is 5.26 Å². The zero-order valence-electron chi connectivity index (χ0n) is 9.82. The number of rotatable bonds is 2. The van der Waals surface area contributed by atoms with Crippen molar-refractivity contribution in [3.8, 4) is 6.07 Å². The van der Waals surface area contributed by atoms with Gasteiger partial charge in [-0.25, -0.2) is 18.2 Å². The van der Waals surface area contributed by atoms with E-state index in [1.807, 2.05) is 11.4 Å².